The fraction of sp³-hybridized carbons (Fsp3) is 1.00. The quantitative estimate of drug-likeness (QED) is 0.820. The molecule has 0 bridgehead atoms. The highest BCUT2D eigenvalue weighted by Gasteiger charge is 2.33. The molecule has 0 aromatic rings. The number of likely N-dealkylation sites (tertiary alicyclic amines) is 1. The average molecular weight is 240 g/mol. The molecule has 2 N–H and O–H groups in total. The molecule has 0 aliphatic carbocycles. The number of ether oxygens (including phenoxy) is 1. The summed E-state index contributed by atoms with van der Waals surface area (Å²) in [5.41, 5.74) is 5.99. The lowest BCUT2D eigenvalue weighted by Gasteiger charge is -2.33. The summed E-state index contributed by atoms with van der Waals surface area (Å²) in [5, 5.41) is 0. The van der Waals surface area contributed by atoms with Crippen molar-refractivity contribution in [3.8, 4) is 0 Å². The third-order valence-corrected chi connectivity index (χ3v) is 4.46. The normalized spacial score (nSPS) is 37.9. The molecule has 0 spiro atoms. The first-order chi connectivity index (χ1) is 8.20. The molecule has 2 heterocycles. The average Bonchev–Trinajstić information content (AvgIpc) is 2.61. The predicted octanol–water partition coefficient (Wildman–Crippen LogP) is 2.00. The van der Waals surface area contributed by atoms with Crippen molar-refractivity contribution in [1.82, 2.24) is 4.90 Å². The van der Waals surface area contributed by atoms with Crippen molar-refractivity contribution in [2.45, 2.75) is 64.2 Å². The number of hydrogen-bond acceptors (Lipinski definition) is 3. The third kappa shape index (κ3) is 3.43. The number of nitrogens with zero attached hydrogens (tertiary/aromatic N) is 1. The molecule has 0 aromatic heterocycles. The van der Waals surface area contributed by atoms with E-state index in [0.717, 1.165) is 12.5 Å². The molecule has 0 saturated carbocycles. The first-order valence-corrected chi connectivity index (χ1v) is 7.30. The highest BCUT2D eigenvalue weighted by molar-refractivity contribution is 4.87. The lowest BCUT2D eigenvalue weighted by atomic mass is 10.0. The Kier molecular flexibility index (Phi) is 4.83. The smallest absolute Gasteiger partial charge is 0.0747 e. The second kappa shape index (κ2) is 6.17. The maximum atomic E-state index is 6.01. The second-order valence-corrected chi connectivity index (χ2v) is 5.94. The molecule has 3 heteroatoms. The van der Waals surface area contributed by atoms with Crippen LogP contribution in [0.15, 0.2) is 0 Å². The van der Waals surface area contributed by atoms with Gasteiger partial charge in [-0.3, -0.25) is 4.90 Å². The predicted molar refractivity (Wildman–Crippen MR) is 71.0 cm³/mol. The highest BCUT2D eigenvalue weighted by Crippen LogP contribution is 2.26. The first-order valence-electron chi connectivity index (χ1n) is 7.30. The van der Waals surface area contributed by atoms with Gasteiger partial charge in [0.1, 0.15) is 0 Å². The third-order valence-electron chi connectivity index (χ3n) is 4.46. The van der Waals surface area contributed by atoms with E-state index in [1.54, 1.807) is 0 Å². The van der Waals surface area contributed by atoms with Gasteiger partial charge in [0, 0.05) is 12.6 Å². The van der Waals surface area contributed by atoms with Crippen LogP contribution in [0.4, 0.5) is 0 Å². The monoisotopic (exact) mass is 240 g/mol. The first kappa shape index (κ1) is 13.3. The zero-order valence-electron chi connectivity index (χ0n) is 11.4. The lowest BCUT2D eigenvalue weighted by molar-refractivity contribution is -0.00366. The Morgan fingerprint density at radius 1 is 1.18 bits per heavy atom. The van der Waals surface area contributed by atoms with Crippen molar-refractivity contribution >= 4 is 0 Å². The molecule has 17 heavy (non-hydrogen) atoms. The number of nitrogens with two attached hydrogens (primary N) is 1. The van der Waals surface area contributed by atoms with Crippen molar-refractivity contribution in [2.75, 3.05) is 19.6 Å². The van der Waals surface area contributed by atoms with E-state index in [1.165, 1.54) is 45.2 Å². The Labute approximate surface area is 106 Å². The second-order valence-electron chi connectivity index (χ2n) is 5.94. The van der Waals surface area contributed by atoms with E-state index in [-0.39, 0.29) is 0 Å². The van der Waals surface area contributed by atoms with Gasteiger partial charge in [-0.1, -0.05) is 6.92 Å². The van der Waals surface area contributed by atoms with Crippen LogP contribution in [0.3, 0.4) is 0 Å². The van der Waals surface area contributed by atoms with Gasteiger partial charge in [0.05, 0.1) is 12.2 Å². The van der Waals surface area contributed by atoms with Crippen LogP contribution in [-0.2, 0) is 4.74 Å². The fourth-order valence-corrected chi connectivity index (χ4v) is 3.27. The number of hydrogen-bond donors (Lipinski definition) is 1. The van der Waals surface area contributed by atoms with Crippen LogP contribution in [0.5, 0.6) is 0 Å². The molecule has 0 aromatic carbocycles. The molecule has 2 fully saturated rings. The van der Waals surface area contributed by atoms with Crippen molar-refractivity contribution in [1.29, 1.82) is 0 Å². The Balaban J connectivity index is 1.92. The van der Waals surface area contributed by atoms with Gasteiger partial charge in [0.15, 0.2) is 0 Å². The molecular weight excluding hydrogens is 212 g/mol. The van der Waals surface area contributed by atoms with E-state index in [2.05, 4.69) is 18.7 Å². The van der Waals surface area contributed by atoms with Crippen molar-refractivity contribution < 1.29 is 4.74 Å². The summed E-state index contributed by atoms with van der Waals surface area (Å²) in [6.07, 6.45) is 7.21. The van der Waals surface area contributed by atoms with E-state index >= 15 is 0 Å². The Morgan fingerprint density at radius 3 is 2.65 bits per heavy atom. The molecule has 2 rings (SSSR count). The molecule has 2 aliphatic rings. The largest absolute Gasteiger partial charge is 0.374 e. The molecule has 2 aliphatic heterocycles. The standard InChI is InChI=1S/C14H28N2O/c1-11-4-3-8-16(9-7-11)13(10-15)14-6-5-12(2)17-14/h11-14H,3-10,15H2,1-2H3. The van der Waals surface area contributed by atoms with Gasteiger partial charge in [0.25, 0.3) is 0 Å². The van der Waals surface area contributed by atoms with Gasteiger partial charge in [-0.05, 0) is 58.0 Å². The van der Waals surface area contributed by atoms with Crippen molar-refractivity contribution in [2.24, 2.45) is 11.7 Å². The molecule has 0 radical (unpaired) electrons. The van der Waals surface area contributed by atoms with Gasteiger partial charge in [-0.25, -0.2) is 0 Å². The zero-order valence-corrected chi connectivity index (χ0v) is 11.4. The van der Waals surface area contributed by atoms with Crippen molar-refractivity contribution in [3.05, 3.63) is 0 Å². The molecule has 0 amide bonds. The maximum absolute atomic E-state index is 6.01. The van der Waals surface area contributed by atoms with Crippen LogP contribution in [-0.4, -0.2) is 42.8 Å². The Bertz CT molecular complexity index is 234. The molecule has 2 saturated heterocycles. The van der Waals surface area contributed by atoms with Crippen LogP contribution < -0.4 is 5.73 Å². The van der Waals surface area contributed by atoms with E-state index < -0.39 is 0 Å². The maximum Gasteiger partial charge on any atom is 0.0747 e. The molecular formula is C14H28N2O. The molecule has 100 valence electrons. The van der Waals surface area contributed by atoms with Crippen LogP contribution in [0.2, 0.25) is 0 Å². The van der Waals surface area contributed by atoms with Crippen molar-refractivity contribution in [3.63, 3.8) is 0 Å². The highest BCUT2D eigenvalue weighted by atomic mass is 16.5. The summed E-state index contributed by atoms with van der Waals surface area (Å²) < 4.78 is 6.01. The van der Waals surface area contributed by atoms with Gasteiger partial charge >= 0.3 is 0 Å². The topological polar surface area (TPSA) is 38.5 Å². The minimum absolute atomic E-state index is 0.378. The van der Waals surface area contributed by atoms with Gasteiger partial charge in [-0.15, -0.1) is 0 Å². The van der Waals surface area contributed by atoms with E-state index in [1.807, 2.05) is 0 Å². The van der Waals surface area contributed by atoms with Gasteiger partial charge in [0.2, 0.25) is 0 Å². The van der Waals surface area contributed by atoms with E-state index in [9.17, 15) is 0 Å². The minimum Gasteiger partial charge on any atom is -0.374 e. The summed E-state index contributed by atoms with van der Waals surface area (Å²) in [6.45, 7) is 7.71. The van der Waals surface area contributed by atoms with Crippen LogP contribution >= 0.6 is 0 Å². The number of rotatable bonds is 3. The van der Waals surface area contributed by atoms with Crippen LogP contribution in [0.1, 0.15) is 46.0 Å². The van der Waals surface area contributed by atoms with Gasteiger partial charge in [-0.2, -0.15) is 0 Å². The summed E-state index contributed by atoms with van der Waals surface area (Å²) in [6, 6.07) is 0.449. The fourth-order valence-electron chi connectivity index (χ4n) is 3.27. The lowest BCUT2D eigenvalue weighted by Crippen LogP contribution is -2.48. The summed E-state index contributed by atoms with van der Waals surface area (Å²) in [5.74, 6) is 0.877. The SMILES string of the molecule is CC1CCCN(C(CN)C2CCC(C)O2)CC1. The summed E-state index contributed by atoms with van der Waals surface area (Å²) in [4.78, 5) is 2.59. The van der Waals surface area contributed by atoms with Crippen LogP contribution in [0.25, 0.3) is 0 Å². The van der Waals surface area contributed by atoms with E-state index in [4.69, 9.17) is 10.5 Å². The Morgan fingerprint density at radius 2 is 2.00 bits per heavy atom. The molecule has 4 atom stereocenters. The van der Waals surface area contributed by atoms with Crippen LogP contribution in [0, 0.1) is 5.92 Å². The summed E-state index contributed by atoms with van der Waals surface area (Å²) in [7, 11) is 0. The summed E-state index contributed by atoms with van der Waals surface area (Å²) >= 11 is 0. The minimum atomic E-state index is 0.378. The van der Waals surface area contributed by atoms with E-state index in [0.29, 0.717) is 18.2 Å². The van der Waals surface area contributed by atoms with Gasteiger partial charge < -0.3 is 10.5 Å². The Hall–Kier alpha value is -0.120. The zero-order chi connectivity index (χ0) is 12.3. The molecule has 3 nitrogen and oxygen atoms in total. The molecule has 4 unspecified atom stereocenters.